The van der Waals surface area contributed by atoms with Crippen molar-refractivity contribution in [2.45, 2.75) is 57.4 Å². The van der Waals surface area contributed by atoms with E-state index >= 15 is 0 Å². The van der Waals surface area contributed by atoms with Crippen molar-refractivity contribution < 1.29 is 9.90 Å². The summed E-state index contributed by atoms with van der Waals surface area (Å²) in [6, 6.07) is 0.438. The number of carbonyl (C=O) groups excluding carboxylic acids is 1. The van der Waals surface area contributed by atoms with Crippen LogP contribution in [0.2, 0.25) is 0 Å². The molecule has 0 saturated heterocycles. The highest BCUT2D eigenvalue weighted by molar-refractivity contribution is 7.15. The SMILES string of the molecule is O=C(CN(CCO)C1CCCCC1)Nc1nc2c(s1)CCC2. The molecule has 1 saturated carbocycles. The van der Waals surface area contributed by atoms with Crippen LogP contribution in [0.5, 0.6) is 0 Å². The fraction of sp³-hybridized carbons (Fsp3) is 0.750. The Hall–Kier alpha value is -0.980. The number of aliphatic hydroxyl groups excluding tert-OH is 1. The maximum absolute atomic E-state index is 12.3. The van der Waals surface area contributed by atoms with Crippen LogP contribution >= 0.6 is 11.3 Å². The molecule has 5 nitrogen and oxygen atoms in total. The molecule has 122 valence electrons. The Labute approximate surface area is 135 Å². The number of rotatable bonds is 6. The van der Waals surface area contributed by atoms with Crippen LogP contribution in [0.4, 0.5) is 5.13 Å². The van der Waals surface area contributed by atoms with Crippen molar-refractivity contribution in [3.05, 3.63) is 10.6 Å². The van der Waals surface area contributed by atoms with Gasteiger partial charge in [0.05, 0.1) is 18.8 Å². The molecule has 0 aliphatic heterocycles. The third kappa shape index (κ3) is 3.86. The van der Waals surface area contributed by atoms with Crippen molar-refractivity contribution in [1.29, 1.82) is 0 Å². The summed E-state index contributed by atoms with van der Waals surface area (Å²) >= 11 is 1.62. The smallest absolute Gasteiger partial charge is 0.240 e. The first-order valence-electron chi connectivity index (χ1n) is 8.39. The van der Waals surface area contributed by atoms with Gasteiger partial charge in [0.15, 0.2) is 5.13 Å². The van der Waals surface area contributed by atoms with Crippen LogP contribution in [0.25, 0.3) is 0 Å². The number of anilines is 1. The fourth-order valence-corrected chi connectivity index (χ4v) is 4.62. The normalized spacial score (nSPS) is 18.6. The highest BCUT2D eigenvalue weighted by Gasteiger charge is 2.23. The summed E-state index contributed by atoms with van der Waals surface area (Å²) in [7, 11) is 0. The Balaban J connectivity index is 1.55. The molecule has 1 amide bonds. The van der Waals surface area contributed by atoms with Gasteiger partial charge in [-0.2, -0.15) is 0 Å². The molecule has 2 N–H and O–H groups in total. The molecular weight excluding hydrogens is 298 g/mol. The molecule has 0 atom stereocenters. The summed E-state index contributed by atoms with van der Waals surface area (Å²) in [6.45, 7) is 1.04. The van der Waals surface area contributed by atoms with Crippen LogP contribution in [-0.2, 0) is 17.6 Å². The zero-order valence-electron chi connectivity index (χ0n) is 13.0. The van der Waals surface area contributed by atoms with Gasteiger partial charge in [-0.3, -0.25) is 9.69 Å². The minimum absolute atomic E-state index is 0.00792. The van der Waals surface area contributed by atoms with Gasteiger partial charge in [0.2, 0.25) is 5.91 Å². The van der Waals surface area contributed by atoms with Crippen molar-refractivity contribution in [3.63, 3.8) is 0 Å². The van der Waals surface area contributed by atoms with Gasteiger partial charge in [-0.1, -0.05) is 19.3 Å². The summed E-state index contributed by atoms with van der Waals surface area (Å²) in [5, 5.41) is 12.9. The van der Waals surface area contributed by atoms with Crippen LogP contribution in [0.3, 0.4) is 0 Å². The number of hydrogen-bond acceptors (Lipinski definition) is 5. The molecule has 0 radical (unpaired) electrons. The van der Waals surface area contributed by atoms with Crippen molar-refractivity contribution in [3.8, 4) is 0 Å². The van der Waals surface area contributed by atoms with Gasteiger partial charge in [-0.25, -0.2) is 4.98 Å². The van der Waals surface area contributed by atoms with Gasteiger partial charge >= 0.3 is 0 Å². The van der Waals surface area contributed by atoms with Gasteiger partial charge in [-0.05, 0) is 32.1 Å². The van der Waals surface area contributed by atoms with E-state index in [2.05, 4.69) is 15.2 Å². The van der Waals surface area contributed by atoms with Crippen LogP contribution in [0.15, 0.2) is 0 Å². The van der Waals surface area contributed by atoms with Crippen molar-refractivity contribution in [2.75, 3.05) is 25.0 Å². The molecule has 22 heavy (non-hydrogen) atoms. The molecular formula is C16H25N3O2S. The van der Waals surface area contributed by atoms with Crippen LogP contribution in [-0.4, -0.2) is 46.6 Å². The lowest BCUT2D eigenvalue weighted by atomic mass is 9.94. The molecule has 1 heterocycles. The Morgan fingerprint density at radius 2 is 2.09 bits per heavy atom. The van der Waals surface area contributed by atoms with E-state index in [-0.39, 0.29) is 12.5 Å². The van der Waals surface area contributed by atoms with E-state index in [1.807, 2.05) is 0 Å². The molecule has 1 fully saturated rings. The standard InChI is InChI=1S/C16H25N3O2S/c20-10-9-19(12-5-2-1-3-6-12)11-15(21)18-16-17-13-7-4-8-14(13)22-16/h12,20H,1-11H2,(H,17,18,21). The van der Waals surface area contributed by atoms with Gasteiger partial charge in [0.25, 0.3) is 0 Å². The lowest BCUT2D eigenvalue weighted by molar-refractivity contribution is -0.118. The summed E-state index contributed by atoms with van der Waals surface area (Å²) < 4.78 is 0. The largest absolute Gasteiger partial charge is 0.395 e. The van der Waals surface area contributed by atoms with E-state index in [9.17, 15) is 9.90 Å². The Kier molecular flexibility index (Phi) is 5.44. The molecule has 0 bridgehead atoms. The van der Waals surface area contributed by atoms with E-state index in [0.717, 1.165) is 30.8 Å². The Bertz CT molecular complexity index is 490. The second-order valence-electron chi connectivity index (χ2n) is 6.28. The number of thiazole rings is 1. The van der Waals surface area contributed by atoms with Gasteiger partial charge in [0, 0.05) is 17.5 Å². The van der Waals surface area contributed by atoms with Crippen molar-refractivity contribution >= 4 is 22.4 Å². The predicted molar refractivity (Wildman–Crippen MR) is 88.3 cm³/mol. The monoisotopic (exact) mass is 323 g/mol. The van der Waals surface area contributed by atoms with E-state index in [1.54, 1.807) is 11.3 Å². The topological polar surface area (TPSA) is 65.5 Å². The molecule has 0 unspecified atom stereocenters. The zero-order chi connectivity index (χ0) is 15.4. The van der Waals surface area contributed by atoms with Crippen molar-refractivity contribution in [1.82, 2.24) is 9.88 Å². The third-order valence-corrected chi connectivity index (χ3v) is 5.74. The maximum atomic E-state index is 12.3. The molecule has 1 aromatic heterocycles. The van der Waals surface area contributed by atoms with Crippen LogP contribution < -0.4 is 5.32 Å². The number of hydrogen-bond donors (Lipinski definition) is 2. The lowest BCUT2D eigenvalue weighted by Gasteiger charge is -2.33. The molecule has 3 rings (SSSR count). The number of aliphatic hydroxyl groups is 1. The molecule has 0 aromatic carbocycles. The van der Waals surface area contributed by atoms with Gasteiger partial charge < -0.3 is 10.4 Å². The molecule has 6 heteroatoms. The Morgan fingerprint density at radius 1 is 1.27 bits per heavy atom. The average Bonchev–Trinajstić information content (AvgIpc) is 3.09. The second-order valence-corrected chi connectivity index (χ2v) is 7.36. The van der Waals surface area contributed by atoms with Gasteiger partial charge in [0.1, 0.15) is 0 Å². The number of fused-ring (bicyclic) bond motifs is 1. The molecule has 2 aliphatic carbocycles. The summed E-state index contributed by atoms with van der Waals surface area (Å²) in [4.78, 5) is 20.3. The highest BCUT2D eigenvalue weighted by atomic mass is 32.1. The predicted octanol–water partition coefficient (Wildman–Crippen LogP) is 2.20. The molecule has 2 aliphatic rings. The highest BCUT2D eigenvalue weighted by Crippen LogP contribution is 2.30. The number of nitrogens with zero attached hydrogens (tertiary/aromatic N) is 2. The minimum Gasteiger partial charge on any atom is -0.395 e. The fourth-order valence-electron chi connectivity index (χ4n) is 3.55. The number of nitrogens with one attached hydrogen (secondary N) is 1. The number of amides is 1. The van der Waals surface area contributed by atoms with E-state index in [1.165, 1.54) is 36.3 Å². The maximum Gasteiger partial charge on any atom is 0.240 e. The minimum atomic E-state index is -0.00792. The average molecular weight is 323 g/mol. The van der Waals surface area contributed by atoms with Crippen LogP contribution in [0.1, 0.15) is 49.1 Å². The molecule has 1 aromatic rings. The Morgan fingerprint density at radius 3 is 2.82 bits per heavy atom. The summed E-state index contributed by atoms with van der Waals surface area (Å²) in [5.41, 5.74) is 1.17. The van der Waals surface area contributed by atoms with E-state index < -0.39 is 0 Å². The number of aryl methyl sites for hydroxylation is 2. The lowest BCUT2D eigenvalue weighted by Crippen LogP contribution is -2.43. The van der Waals surface area contributed by atoms with E-state index in [4.69, 9.17) is 0 Å². The van der Waals surface area contributed by atoms with Gasteiger partial charge in [-0.15, -0.1) is 11.3 Å². The van der Waals surface area contributed by atoms with E-state index in [0.29, 0.717) is 19.1 Å². The molecule has 0 spiro atoms. The summed E-state index contributed by atoms with van der Waals surface area (Å²) in [5.74, 6) is -0.00792. The summed E-state index contributed by atoms with van der Waals surface area (Å²) in [6.07, 6.45) is 9.36. The van der Waals surface area contributed by atoms with Crippen LogP contribution in [0, 0.1) is 0 Å². The third-order valence-electron chi connectivity index (χ3n) is 4.67. The van der Waals surface area contributed by atoms with Crippen molar-refractivity contribution in [2.24, 2.45) is 0 Å². The first-order valence-corrected chi connectivity index (χ1v) is 9.21. The first-order chi connectivity index (χ1) is 10.8. The quantitative estimate of drug-likeness (QED) is 0.842. The zero-order valence-corrected chi connectivity index (χ0v) is 13.8. The second kappa shape index (κ2) is 7.53. The first kappa shape index (κ1) is 15.9. The number of carbonyl (C=O) groups is 1. The number of aromatic nitrogens is 1.